The Labute approximate surface area is 121 Å². The highest BCUT2D eigenvalue weighted by Crippen LogP contribution is 2.31. The van der Waals surface area contributed by atoms with E-state index in [4.69, 9.17) is 21.5 Å². The van der Waals surface area contributed by atoms with Crippen LogP contribution in [0.1, 0.15) is 15.9 Å². The molecule has 9 heteroatoms. The number of hydrogen-bond acceptors (Lipinski definition) is 5. The first-order valence-corrected chi connectivity index (χ1v) is 5.89. The minimum absolute atomic E-state index is 0.000208. The molecule has 20 heavy (non-hydrogen) atoms. The van der Waals surface area contributed by atoms with Crippen LogP contribution in [0.4, 0.5) is 10.1 Å². The maximum atomic E-state index is 13.5. The molecule has 104 valence electrons. The Morgan fingerprint density at radius 3 is 2.75 bits per heavy atom. The average Bonchev–Trinajstić information content (AvgIpc) is 2.34. The molecule has 0 aliphatic rings. The molecular formula is C11H9BrFN5O2. The molecule has 1 aromatic rings. The van der Waals surface area contributed by atoms with Crippen molar-refractivity contribution >= 4 is 39.1 Å². The standard InChI is InChI=1S/C11H9BrFN5O2/c1-4-2-5(13)8(12)7(11(19)20)9(4)18-17-6(3-14)10(15)16/h2,18H,1H3,(H3,15,16)(H,19,20)/b17-6+. The van der Waals surface area contributed by atoms with Gasteiger partial charge in [-0.1, -0.05) is 0 Å². The van der Waals surface area contributed by atoms with Gasteiger partial charge in [-0.15, -0.1) is 0 Å². The molecule has 0 saturated heterocycles. The Bertz CT molecular complexity index is 666. The molecule has 0 atom stereocenters. The van der Waals surface area contributed by atoms with Gasteiger partial charge in [0.05, 0.1) is 10.2 Å². The number of benzene rings is 1. The lowest BCUT2D eigenvalue weighted by atomic mass is 10.1. The summed E-state index contributed by atoms with van der Waals surface area (Å²) in [4.78, 5) is 11.2. The Balaban J connectivity index is 3.40. The smallest absolute Gasteiger partial charge is 0.339 e. The van der Waals surface area contributed by atoms with E-state index in [1.165, 1.54) is 6.92 Å². The number of anilines is 1. The number of nitriles is 1. The third-order valence-corrected chi connectivity index (χ3v) is 3.05. The lowest BCUT2D eigenvalue weighted by molar-refractivity contribution is 0.0696. The van der Waals surface area contributed by atoms with Crippen molar-refractivity contribution in [1.29, 1.82) is 10.7 Å². The third-order valence-electron chi connectivity index (χ3n) is 2.27. The normalized spacial score (nSPS) is 10.8. The fourth-order valence-electron chi connectivity index (χ4n) is 1.35. The summed E-state index contributed by atoms with van der Waals surface area (Å²) in [7, 11) is 0. The van der Waals surface area contributed by atoms with Gasteiger partial charge in [0, 0.05) is 0 Å². The first kappa shape index (κ1) is 15.6. The third kappa shape index (κ3) is 3.10. The van der Waals surface area contributed by atoms with Crippen LogP contribution in [-0.2, 0) is 0 Å². The number of carboxylic acid groups (broad SMARTS) is 1. The largest absolute Gasteiger partial charge is 0.478 e. The number of hydrazone groups is 1. The van der Waals surface area contributed by atoms with E-state index in [1.807, 2.05) is 0 Å². The lowest BCUT2D eigenvalue weighted by Gasteiger charge is -2.11. The van der Waals surface area contributed by atoms with E-state index in [9.17, 15) is 9.18 Å². The molecule has 0 radical (unpaired) electrons. The van der Waals surface area contributed by atoms with Crippen molar-refractivity contribution in [2.75, 3.05) is 5.43 Å². The molecule has 0 aliphatic carbocycles. The summed E-state index contributed by atoms with van der Waals surface area (Å²) in [6, 6.07) is 2.68. The topological polar surface area (TPSA) is 135 Å². The predicted octanol–water partition coefficient (Wildman–Crippen LogP) is 1.82. The second kappa shape index (κ2) is 6.12. The van der Waals surface area contributed by atoms with Crippen LogP contribution in [0, 0.1) is 29.5 Å². The molecule has 1 aromatic carbocycles. The number of carbonyl (C=O) groups is 1. The number of carboxylic acids is 1. The van der Waals surface area contributed by atoms with Crippen molar-refractivity contribution < 1.29 is 14.3 Å². The zero-order chi connectivity index (χ0) is 15.4. The van der Waals surface area contributed by atoms with Crippen LogP contribution >= 0.6 is 15.9 Å². The number of nitrogens with zero attached hydrogens (tertiary/aromatic N) is 2. The first-order valence-electron chi connectivity index (χ1n) is 5.09. The summed E-state index contributed by atoms with van der Waals surface area (Å²) in [5, 5.41) is 28.4. The van der Waals surface area contributed by atoms with Crippen LogP contribution < -0.4 is 11.2 Å². The van der Waals surface area contributed by atoms with Gasteiger partial charge < -0.3 is 10.8 Å². The van der Waals surface area contributed by atoms with Gasteiger partial charge in [-0.05, 0) is 34.5 Å². The van der Waals surface area contributed by atoms with Gasteiger partial charge in [0.1, 0.15) is 17.4 Å². The molecule has 0 amide bonds. The van der Waals surface area contributed by atoms with Crippen molar-refractivity contribution in [1.82, 2.24) is 0 Å². The molecule has 0 fully saturated rings. The second-order valence-corrected chi connectivity index (χ2v) is 4.44. The van der Waals surface area contributed by atoms with Crippen molar-refractivity contribution in [3.8, 4) is 6.07 Å². The Hall–Kier alpha value is -2.47. The van der Waals surface area contributed by atoms with Gasteiger partial charge in [0.2, 0.25) is 5.71 Å². The van der Waals surface area contributed by atoms with Gasteiger partial charge in [-0.2, -0.15) is 10.4 Å². The van der Waals surface area contributed by atoms with Crippen LogP contribution in [-0.4, -0.2) is 22.6 Å². The van der Waals surface area contributed by atoms with E-state index >= 15 is 0 Å². The lowest BCUT2D eigenvalue weighted by Crippen LogP contribution is -2.22. The van der Waals surface area contributed by atoms with Gasteiger partial charge in [-0.25, -0.2) is 9.18 Å². The molecule has 0 aliphatic heterocycles. The van der Waals surface area contributed by atoms with E-state index in [2.05, 4.69) is 26.5 Å². The fraction of sp³-hybridized carbons (Fsp3) is 0.0909. The van der Waals surface area contributed by atoms with E-state index in [1.54, 1.807) is 6.07 Å². The van der Waals surface area contributed by atoms with Gasteiger partial charge >= 0.3 is 5.97 Å². The summed E-state index contributed by atoms with van der Waals surface area (Å²) in [6.07, 6.45) is 0. The molecule has 5 N–H and O–H groups in total. The van der Waals surface area contributed by atoms with Crippen LogP contribution in [0.5, 0.6) is 0 Å². The number of aromatic carboxylic acids is 1. The highest BCUT2D eigenvalue weighted by atomic mass is 79.9. The first-order chi connectivity index (χ1) is 9.29. The van der Waals surface area contributed by atoms with Gasteiger partial charge in [0.25, 0.3) is 0 Å². The number of amidine groups is 1. The van der Waals surface area contributed by atoms with Crippen molar-refractivity contribution in [3.05, 3.63) is 27.5 Å². The van der Waals surface area contributed by atoms with Crippen molar-refractivity contribution in [2.45, 2.75) is 6.92 Å². The van der Waals surface area contributed by atoms with E-state index < -0.39 is 23.3 Å². The number of aryl methyl sites for hydroxylation is 1. The van der Waals surface area contributed by atoms with Crippen LogP contribution in [0.3, 0.4) is 0 Å². The van der Waals surface area contributed by atoms with E-state index in [0.29, 0.717) is 0 Å². The van der Waals surface area contributed by atoms with Crippen LogP contribution in [0.15, 0.2) is 15.6 Å². The van der Waals surface area contributed by atoms with Gasteiger partial charge in [0.15, 0.2) is 5.84 Å². The number of nitrogens with two attached hydrogens (primary N) is 1. The fourth-order valence-corrected chi connectivity index (χ4v) is 1.84. The zero-order valence-electron chi connectivity index (χ0n) is 10.2. The van der Waals surface area contributed by atoms with Crippen LogP contribution in [0.25, 0.3) is 0 Å². The van der Waals surface area contributed by atoms with Gasteiger partial charge in [-0.3, -0.25) is 10.8 Å². The molecule has 0 spiro atoms. The van der Waals surface area contributed by atoms with E-state index in [0.717, 1.165) is 6.07 Å². The minimum Gasteiger partial charge on any atom is -0.478 e. The van der Waals surface area contributed by atoms with E-state index in [-0.39, 0.29) is 21.3 Å². The maximum absolute atomic E-state index is 13.5. The summed E-state index contributed by atoms with van der Waals surface area (Å²) >= 11 is 2.84. The van der Waals surface area contributed by atoms with Crippen molar-refractivity contribution in [2.24, 2.45) is 10.8 Å². The SMILES string of the molecule is Cc1cc(F)c(Br)c(C(=O)O)c1N/N=C(\C#N)C(=N)N. The maximum Gasteiger partial charge on any atom is 0.339 e. The predicted molar refractivity (Wildman–Crippen MR) is 74.4 cm³/mol. The number of halogens is 2. The molecule has 0 unspecified atom stereocenters. The molecular weight excluding hydrogens is 333 g/mol. The molecule has 0 bridgehead atoms. The highest BCUT2D eigenvalue weighted by Gasteiger charge is 2.20. The molecule has 1 rings (SSSR count). The number of hydrogen-bond donors (Lipinski definition) is 4. The Morgan fingerprint density at radius 1 is 1.70 bits per heavy atom. The molecule has 7 nitrogen and oxygen atoms in total. The second-order valence-electron chi connectivity index (χ2n) is 3.64. The molecule has 0 aromatic heterocycles. The quantitative estimate of drug-likeness (QED) is 0.376. The highest BCUT2D eigenvalue weighted by molar-refractivity contribution is 9.10. The summed E-state index contributed by atoms with van der Waals surface area (Å²) in [6.45, 7) is 1.47. The number of rotatable bonds is 4. The zero-order valence-corrected chi connectivity index (χ0v) is 11.7. The summed E-state index contributed by atoms with van der Waals surface area (Å²) < 4.78 is 13.3. The number of nitrogens with one attached hydrogen (secondary N) is 2. The summed E-state index contributed by atoms with van der Waals surface area (Å²) in [5.74, 6) is -2.68. The summed E-state index contributed by atoms with van der Waals surface area (Å²) in [5.41, 5.74) is 6.92. The monoisotopic (exact) mass is 341 g/mol. The minimum atomic E-state index is -1.38. The van der Waals surface area contributed by atoms with Crippen LogP contribution in [0.2, 0.25) is 0 Å². The Kier molecular flexibility index (Phi) is 4.77. The molecule has 0 heterocycles. The Morgan fingerprint density at radius 2 is 2.30 bits per heavy atom. The van der Waals surface area contributed by atoms with Crippen molar-refractivity contribution in [3.63, 3.8) is 0 Å². The molecule has 0 saturated carbocycles. The average molecular weight is 342 g/mol.